The Labute approximate surface area is 73.8 Å². The lowest BCUT2D eigenvalue weighted by Crippen LogP contribution is -2.27. The number of amidine groups is 1. The number of nitrogens with one attached hydrogen (secondary N) is 1. The summed E-state index contributed by atoms with van der Waals surface area (Å²) in [6, 6.07) is 0. The quantitative estimate of drug-likeness (QED) is 0.662. The Bertz CT molecular complexity index is 216. The zero-order valence-corrected chi connectivity index (χ0v) is 7.80. The van der Waals surface area contributed by atoms with Crippen LogP contribution in [0.2, 0.25) is 0 Å². The summed E-state index contributed by atoms with van der Waals surface area (Å²) in [5.41, 5.74) is 1.50. The highest BCUT2D eigenvalue weighted by atomic mass is 15.0. The van der Waals surface area contributed by atoms with E-state index in [9.17, 15) is 0 Å². The third-order valence-electron chi connectivity index (χ3n) is 2.49. The molecule has 0 bridgehead atoms. The van der Waals surface area contributed by atoms with Gasteiger partial charge in [-0.15, -0.1) is 0 Å². The highest BCUT2D eigenvalue weighted by Gasteiger charge is 2.26. The van der Waals surface area contributed by atoms with Crippen LogP contribution in [0.25, 0.3) is 0 Å². The van der Waals surface area contributed by atoms with Crippen molar-refractivity contribution in [1.82, 2.24) is 5.32 Å². The van der Waals surface area contributed by atoms with Crippen LogP contribution in [0.15, 0.2) is 16.8 Å². The number of aliphatic imine (C=N–C) groups is 1. The van der Waals surface area contributed by atoms with Gasteiger partial charge in [0.1, 0.15) is 5.84 Å². The van der Waals surface area contributed by atoms with E-state index in [1.165, 1.54) is 18.4 Å². The summed E-state index contributed by atoms with van der Waals surface area (Å²) < 4.78 is 0. The molecule has 2 aliphatic rings. The van der Waals surface area contributed by atoms with E-state index < -0.39 is 0 Å². The first-order chi connectivity index (χ1) is 5.77. The molecule has 1 fully saturated rings. The summed E-state index contributed by atoms with van der Waals surface area (Å²) in [5, 5.41) is 3.28. The monoisotopic (exact) mass is 164 g/mol. The number of nitrogens with zero attached hydrogens (tertiary/aromatic N) is 1. The third kappa shape index (κ3) is 1.52. The molecule has 1 N–H and O–H groups in total. The molecule has 0 amide bonds. The Morgan fingerprint density at radius 3 is 2.67 bits per heavy atom. The minimum Gasteiger partial charge on any atom is -0.350 e. The van der Waals surface area contributed by atoms with Gasteiger partial charge in [-0.25, -0.2) is 0 Å². The van der Waals surface area contributed by atoms with Gasteiger partial charge < -0.3 is 5.32 Å². The number of rotatable bonds is 2. The van der Waals surface area contributed by atoms with E-state index in [4.69, 9.17) is 0 Å². The van der Waals surface area contributed by atoms with Crippen molar-refractivity contribution in [1.29, 1.82) is 0 Å². The fraction of sp³-hybridized carbons (Fsp3) is 0.700. The van der Waals surface area contributed by atoms with Crippen LogP contribution in [0.4, 0.5) is 0 Å². The largest absolute Gasteiger partial charge is 0.350 e. The summed E-state index contributed by atoms with van der Waals surface area (Å²) in [6.45, 7) is 5.27. The molecule has 1 aliphatic carbocycles. The smallest absolute Gasteiger partial charge is 0.103 e. The summed E-state index contributed by atoms with van der Waals surface area (Å²) in [7, 11) is 0. The van der Waals surface area contributed by atoms with Gasteiger partial charge in [0.2, 0.25) is 0 Å². The van der Waals surface area contributed by atoms with Crippen LogP contribution in [-0.2, 0) is 0 Å². The van der Waals surface area contributed by atoms with Crippen molar-refractivity contribution in [2.24, 2.45) is 16.8 Å². The minimum absolute atomic E-state index is 0.530. The van der Waals surface area contributed by atoms with Gasteiger partial charge in [-0.2, -0.15) is 0 Å². The lowest BCUT2D eigenvalue weighted by molar-refractivity contribution is 0.802. The zero-order valence-electron chi connectivity index (χ0n) is 7.80. The van der Waals surface area contributed by atoms with E-state index in [0.717, 1.165) is 18.3 Å². The summed E-state index contributed by atoms with van der Waals surface area (Å²) in [4.78, 5) is 4.51. The van der Waals surface area contributed by atoms with Gasteiger partial charge >= 0.3 is 0 Å². The molecule has 0 saturated heterocycles. The highest BCUT2D eigenvalue weighted by molar-refractivity contribution is 5.85. The van der Waals surface area contributed by atoms with Crippen LogP contribution >= 0.6 is 0 Å². The number of hydrogen-bond donors (Lipinski definition) is 1. The van der Waals surface area contributed by atoms with Gasteiger partial charge in [0.05, 0.1) is 6.54 Å². The van der Waals surface area contributed by atoms with E-state index in [2.05, 4.69) is 30.4 Å². The van der Waals surface area contributed by atoms with Gasteiger partial charge in [0.25, 0.3) is 0 Å². The zero-order chi connectivity index (χ0) is 8.55. The highest BCUT2D eigenvalue weighted by Crippen LogP contribution is 2.36. The van der Waals surface area contributed by atoms with Gasteiger partial charge in [0, 0.05) is 12.1 Å². The Morgan fingerprint density at radius 1 is 1.50 bits per heavy atom. The molecular formula is C10H16N2. The van der Waals surface area contributed by atoms with Crippen molar-refractivity contribution in [3.8, 4) is 0 Å². The fourth-order valence-electron chi connectivity index (χ4n) is 1.48. The van der Waals surface area contributed by atoms with Crippen LogP contribution in [0, 0.1) is 11.8 Å². The molecule has 0 spiro atoms. The van der Waals surface area contributed by atoms with E-state index in [-0.39, 0.29) is 0 Å². The second-order valence-electron chi connectivity index (χ2n) is 3.99. The van der Waals surface area contributed by atoms with E-state index >= 15 is 0 Å². The van der Waals surface area contributed by atoms with Crippen LogP contribution in [0.5, 0.6) is 0 Å². The van der Waals surface area contributed by atoms with Crippen LogP contribution < -0.4 is 5.32 Å². The molecule has 0 unspecified atom stereocenters. The Morgan fingerprint density at radius 2 is 2.25 bits per heavy atom. The summed E-state index contributed by atoms with van der Waals surface area (Å²) in [5.74, 6) is 2.52. The van der Waals surface area contributed by atoms with Crippen molar-refractivity contribution in [3.05, 3.63) is 11.8 Å². The van der Waals surface area contributed by atoms with Crippen molar-refractivity contribution in [3.63, 3.8) is 0 Å². The predicted octanol–water partition coefficient (Wildman–Crippen LogP) is 1.94. The average Bonchev–Trinajstić information content (AvgIpc) is 2.87. The SMILES string of the molecule is CC(C)C1=NCC(C2CC2)=CN1. The maximum absolute atomic E-state index is 4.51. The molecular weight excluding hydrogens is 148 g/mol. The molecule has 2 rings (SSSR count). The Balaban J connectivity index is 1.95. The molecule has 0 aromatic carbocycles. The third-order valence-corrected chi connectivity index (χ3v) is 2.49. The van der Waals surface area contributed by atoms with Crippen molar-refractivity contribution in [2.45, 2.75) is 26.7 Å². The molecule has 1 saturated carbocycles. The second kappa shape index (κ2) is 2.92. The predicted molar refractivity (Wildman–Crippen MR) is 51.1 cm³/mol. The molecule has 1 aliphatic heterocycles. The molecule has 2 heteroatoms. The Kier molecular flexibility index (Phi) is 1.91. The summed E-state index contributed by atoms with van der Waals surface area (Å²) in [6.07, 6.45) is 4.92. The van der Waals surface area contributed by atoms with Crippen LogP contribution in [0.3, 0.4) is 0 Å². The Hall–Kier alpha value is -0.790. The lowest BCUT2D eigenvalue weighted by atomic mass is 10.1. The van der Waals surface area contributed by atoms with Crippen molar-refractivity contribution in [2.75, 3.05) is 6.54 Å². The van der Waals surface area contributed by atoms with Gasteiger partial charge in [-0.3, -0.25) is 4.99 Å². The first-order valence-electron chi connectivity index (χ1n) is 4.77. The van der Waals surface area contributed by atoms with E-state index in [1.807, 2.05) is 0 Å². The van der Waals surface area contributed by atoms with Crippen LogP contribution in [0.1, 0.15) is 26.7 Å². The van der Waals surface area contributed by atoms with E-state index in [1.54, 1.807) is 0 Å². The average molecular weight is 164 g/mol. The molecule has 0 atom stereocenters. The first-order valence-corrected chi connectivity index (χ1v) is 4.77. The van der Waals surface area contributed by atoms with Crippen LogP contribution in [-0.4, -0.2) is 12.4 Å². The first kappa shape index (κ1) is 7.84. The maximum Gasteiger partial charge on any atom is 0.103 e. The number of hydrogen-bond acceptors (Lipinski definition) is 2. The molecule has 12 heavy (non-hydrogen) atoms. The normalized spacial score (nSPS) is 23.2. The minimum atomic E-state index is 0.530. The maximum atomic E-state index is 4.51. The molecule has 1 heterocycles. The van der Waals surface area contributed by atoms with Gasteiger partial charge in [-0.05, 0) is 24.3 Å². The molecule has 0 aromatic rings. The molecule has 0 aromatic heterocycles. The topological polar surface area (TPSA) is 24.4 Å². The summed E-state index contributed by atoms with van der Waals surface area (Å²) >= 11 is 0. The lowest BCUT2D eigenvalue weighted by Gasteiger charge is -2.16. The fourth-order valence-corrected chi connectivity index (χ4v) is 1.48. The molecule has 66 valence electrons. The standard InChI is InChI=1S/C10H16N2/c1-7(2)10-11-5-9(6-12-10)8-3-4-8/h5,7-8H,3-4,6H2,1-2H3,(H,11,12). The second-order valence-corrected chi connectivity index (χ2v) is 3.99. The molecule has 0 radical (unpaired) electrons. The van der Waals surface area contributed by atoms with Crippen molar-refractivity contribution < 1.29 is 0 Å². The van der Waals surface area contributed by atoms with Gasteiger partial charge in [-0.1, -0.05) is 13.8 Å². The van der Waals surface area contributed by atoms with Gasteiger partial charge in [0.15, 0.2) is 0 Å². The molecule has 2 nitrogen and oxygen atoms in total. The van der Waals surface area contributed by atoms with E-state index in [0.29, 0.717) is 5.92 Å². The van der Waals surface area contributed by atoms with Crippen molar-refractivity contribution >= 4 is 5.84 Å².